The van der Waals surface area contributed by atoms with Gasteiger partial charge in [-0.05, 0) is 24.7 Å². The van der Waals surface area contributed by atoms with Crippen LogP contribution >= 0.6 is 0 Å². The zero-order valence-electron chi connectivity index (χ0n) is 9.98. The molecule has 0 aromatic rings. The maximum Gasteiger partial charge on any atom is 0.253 e. The van der Waals surface area contributed by atoms with E-state index < -0.39 is 0 Å². The number of rotatable bonds is 3. The number of nitrogens with zero attached hydrogens (tertiary/aromatic N) is 1. The zero-order chi connectivity index (χ0) is 11.7. The third-order valence-electron chi connectivity index (χ3n) is 4.10. The minimum absolute atomic E-state index is 0.120. The lowest BCUT2D eigenvalue weighted by Crippen LogP contribution is -2.42. The Bertz CT molecular complexity index is 317. The summed E-state index contributed by atoms with van der Waals surface area (Å²) in [6.45, 7) is 4.35. The third-order valence-corrected chi connectivity index (χ3v) is 4.10. The van der Waals surface area contributed by atoms with Gasteiger partial charge in [0, 0.05) is 18.2 Å². The standard InChI is InChI=1S/C13H19NO2/c1-3-9-5-6-11(10(9)4-2)14-12(15)7-8-13(14)16/h7-11H,3-6H2,1-2H3. The van der Waals surface area contributed by atoms with Crippen LogP contribution in [0.2, 0.25) is 0 Å². The lowest BCUT2D eigenvalue weighted by atomic mass is 9.89. The second kappa shape index (κ2) is 4.40. The summed E-state index contributed by atoms with van der Waals surface area (Å²) in [5, 5.41) is 0. The van der Waals surface area contributed by atoms with E-state index in [9.17, 15) is 9.59 Å². The molecule has 1 aliphatic carbocycles. The summed E-state index contributed by atoms with van der Waals surface area (Å²) >= 11 is 0. The van der Waals surface area contributed by atoms with E-state index in [2.05, 4.69) is 13.8 Å². The highest BCUT2D eigenvalue weighted by Gasteiger charge is 2.42. The van der Waals surface area contributed by atoms with Crippen LogP contribution in [-0.4, -0.2) is 22.8 Å². The van der Waals surface area contributed by atoms with Gasteiger partial charge in [-0.3, -0.25) is 14.5 Å². The van der Waals surface area contributed by atoms with Crippen molar-refractivity contribution >= 4 is 11.8 Å². The SMILES string of the molecule is CCC1CCC(N2C(=O)C=CC2=O)C1CC. The minimum Gasteiger partial charge on any atom is -0.272 e. The van der Waals surface area contributed by atoms with Gasteiger partial charge in [-0.15, -0.1) is 0 Å². The Balaban J connectivity index is 2.16. The predicted octanol–water partition coefficient (Wildman–Crippen LogP) is 2.13. The van der Waals surface area contributed by atoms with Crippen molar-refractivity contribution in [2.75, 3.05) is 0 Å². The van der Waals surface area contributed by atoms with Crippen molar-refractivity contribution in [3.05, 3.63) is 12.2 Å². The molecule has 0 spiro atoms. The minimum atomic E-state index is -0.120. The van der Waals surface area contributed by atoms with Crippen LogP contribution in [0.1, 0.15) is 39.5 Å². The first-order valence-electron chi connectivity index (χ1n) is 6.24. The van der Waals surface area contributed by atoms with E-state index in [1.54, 1.807) is 0 Å². The first-order chi connectivity index (χ1) is 7.69. The van der Waals surface area contributed by atoms with E-state index in [1.165, 1.54) is 17.1 Å². The van der Waals surface area contributed by atoms with Crippen LogP contribution in [0.5, 0.6) is 0 Å². The van der Waals surface area contributed by atoms with Crippen LogP contribution in [0.25, 0.3) is 0 Å². The lowest BCUT2D eigenvalue weighted by molar-refractivity contribution is -0.140. The van der Waals surface area contributed by atoms with Crippen molar-refractivity contribution in [3.8, 4) is 0 Å². The highest BCUT2D eigenvalue weighted by molar-refractivity contribution is 6.13. The van der Waals surface area contributed by atoms with Crippen LogP contribution in [0, 0.1) is 11.8 Å². The van der Waals surface area contributed by atoms with Crippen LogP contribution < -0.4 is 0 Å². The molecule has 2 rings (SSSR count). The molecule has 0 aromatic carbocycles. The van der Waals surface area contributed by atoms with Crippen LogP contribution in [0.3, 0.4) is 0 Å². The van der Waals surface area contributed by atoms with E-state index >= 15 is 0 Å². The van der Waals surface area contributed by atoms with Crippen molar-refractivity contribution in [3.63, 3.8) is 0 Å². The molecule has 1 aliphatic heterocycles. The van der Waals surface area contributed by atoms with Gasteiger partial charge in [0.15, 0.2) is 0 Å². The van der Waals surface area contributed by atoms with Crippen molar-refractivity contribution in [1.82, 2.24) is 4.90 Å². The van der Waals surface area contributed by atoms with E-state index in [0.29, 0.717) is 11.8 Å². The van der Waals surface area contributed by atoms with Gasteiger partial charge in [0.2, 0.25) is 0 Å². The normalized spacial score (nSPS) is 34.1. The van der Waals surface area contributed by atoms with Gasteiger partial charge in [0.05, 0.1) is 0 Å². The molecule has 0 bridgehead atoms. The fourth-order valence-electron chi connectivity index (χ4n) is 3.30. The maximum atomic E-state index is 11.6. The molecule has 0 radical (unpaired) electrons. The molecule has 16 heavy (non-hydrogen) atoms. The summed E-state index contributed by atoms with van der Waals surface area (Å²) in [6, 6.07) is 0.143. The van der Waals surface area contributed by atoms with E-state index in [1.807, 2.05) is 0 Å². The summed E-state index contributed by atoms with van der Waals surface area (Å²) in [4.78, 5) is 24.8. The molecular formula is C13H19NO2. The molecular weight excluding hydrogens is 202 g/mol. The van der Waals surface area contributed by atoms with Crippen LogP contribution in [-0.2, 0) is 9.59 Å². The fraction of sp³-hybridized carbons (Fsp3) is 0.692. The molecule has 1 fully saturated rings. The molecule has 0 N–H and O–H groups in total. The van der Waals surface area contributed by atoms with Crippen LogP contribution in [0.15, 0.2) is 12.2 Å². The maximum absolute atomic E-state index is 11.6. The molecule has 0 aromatic heterocycles. The quantitative estimate of drug-likeness (QED) is 0.685. The van der Waals surface area contributed by atoms with Crippen molar-refractivity contribution in [2.24, 2.45) is 11.8 Å². The smallest absolute Gasteiger partial charge is 0.253 e. The molecule has 3 unspecified atom stereocenters. The number of carbonyl (C=O) groups excluding carboxylic acids is 2. The fourth-order valence-corrected chi connectivity index (χ4v) is 3.30. The number of hydrogen-bond acceptors (Lipinski definition) is 2. The summed E-state index contributed by atoms with van der Waals surface area (Å²) in [7, 11) is 0. The average molecular weight is 221 g/mol. The Kier molecular flexibility index (Phi) is 3.13. The van der Waals surface area contributed by atoms with Crippen LogP contribution in [0.4, 0.5) is 0 Å². The largest absolute Gasteiger partial charge is 0.272 e. The van der Waals surface area contributed by atoms with Crippen molar-refractivity contribution in [2.45, 2.75) is 45.6 Å². The van der Waals surface area contributed by atoms with Gasteiger partial charge in [-0.1, -0.05) is 26.7 Å². The molecule has 2 aliphatic rings. The van der Waals surface area contributed by atoms with Crippen molar-refractivity contribution in [1.29, 1.82) is 0 Å². The number of hydrogen-bond donors (Lipinski definition) is 0. The number of imide groups is 1. The van der Waals surface area contributed by atoms with Gasteiger partial charge in [-0.2, -0.15) is 0 Å². The molecule has 2 amide bonds. The predicted molar refractivity (Wildman–Crippen MR) is 61.6 cm³/mol. The third kappa shape index (κ3) is 1.68. The second-order valence-corrected chi connectivity index (χ2v) is 4.76. The number of carbonyl (C=O) groups is 2. The van der Waals surface area contributed by atoms with Gasteiger partial charge in [-0.25, -0.2) is 0 Å². The molecule has 3 heteroatoms. The van der Waals surface area contributed by atoms with Gasteiger partial charge in [0.25, 0.3) is 11.8 Å². The molecule has 1 saturated carbocycles. The Morgan fingerprint density at radius 3 is 2.25 bits per heavy atom. The molecule has 3 atom stereocenters. The van der Waals surface area contributed by atoms with Gasteiger partial charge < -0.3 is 0 Å². The van der Waals surface area contributed by atoms with E-state index in [4.69, 9.17) is 0 Å². The first kappa shape index (κ1) is 11.4. The summed E-state index contributed by atoms with van der Waals surface area (Å²) in [5.74, 6) is 0.935. The Morgan fingerprint density at radius 2 is 1.75 bits per heavy atom. The van der Waals surface area contributed by atoms with E-state index in [-0.39, 0.29) is 17.9 Å². The molecule has 0 saturated heterocycles. The second-order valence-electron chi connectivity index (χ2n) is 4.76. The summed E-state index contributed by atoms with van der Waals surface area (Å²) < 4.78 is 0. The highest BCUT2D eigenvalue weighted by Crippen LogP contribution is 2.40. The first-order valence-corrected chi connectivity index (χ1v) is 6.24. The van der Waals surface area contributed by atoms with E-state index in [0.717, 1.165) is 25.7 Å². The Hall–Kier alpha value is -1.12. The number of amides is 2. The zero-order valence-corrected chi connectivity index (χ0v) is 9.98. The molecule has 3 nitrogen and oxygen atoms in total. The topological polar surface area (TPSA) is 37.4 Å². The van der Waals surface area contributed by atoms with Gasteiger partial charge >= 0.3 is 0 Å². The van der Waals surface area contributed by atoms with Gasteiger partial charge in [0.1, 0.15) is 0 Å². The Morgan fingerprint density at radius 1 is 1.12 bits per heavy atom. The molecule has 88 valence electrons. The molecule has 1 heterocycles. The summed E-state index contributed by atoms with van der Waals surface area (Å²) in [6.07, 6.45) is 7.13. The summed E-state index contributed by atoms with van der Waals surface area (Å²) in [5.41, 5.74) is 0. The lowest BCUT2D eigenvalue weighted by Gasteiger charge is -2.29. The Labute approximate surface area is 96.5 Å². The monoisotopic (exact) mass is 221 g/mol. The highest BCUT2D eigenvalue weighted by atomic mass is 16.2. The average Bonchev–Trinajstić information content (AvgIpc) is 2.82. The van der Waals surface area contributed by atoms with Crippen molar-refractivity contribution < 1.29 is 9.59 Å².